The van der Waals surface area contributed by atoms with Crippen LogP contribution in [0.15, 0.2) is 24.3 Å². The Morgan fingerprint density at radius 1 is 1.29 bits per heavy atom. The summed E-state index contributed by atoms with van der Waals surface area (Å²) in [6.45, 7) is 3.25. The maximum absolute atomic E-state index is 10.9. The minimum absolute atomic E-state index is 0.397. The Morgan fingerprint density at radius 3 is 2.29 bits per heavy atom. The van der Waals surface area contributed by atoms with Crippen LogP contribution in [0.4, 0.5) is 5.69 Å². The van der Waals surface area contributed by atoms with Gasteiger partial charge in [-0.2, -0.15) is 0 Å². The minimum Gasteiger partial charge on any atom is -0.320 e. The highest BCUT2D eigenvalue weighted by molar-refractivity contribution is 6.67. The molecule has 1 aliphatic rings. The number of quaternary nitrogens is 1. The Morgan fingerprint density at radius 2 is 1.88 bits per heavy atom. The van der Waals surface area contributed by atoms with Crippen molar-refractivity contribution in [1.82, 2.24) is 0 Å². The van der Waals surface area contributed by atoms with E-state index in [4.69, 9.17) is 11.6 Å². The van der Waals surface area contributed by atoms with Crippen molar-refractivity contribution in [3.05, 3.63) is 29.8 Å². The lowest BCUT2D eigenvalue weighted by Crippen LogP contribution is -3.07. The number of rotatable bonds is 2. The number of carbonyl (C=O) groups excluding carboxylic acids is 1. The van der Waals surface area contributed by atoms with Gasteiger partial charge in [0.25, 0.3) is 5.24 Å². The van der Waals surface area contributed by atoms with E-state index in [2.05, 4.69) is 23.5 Å². The molecule has 0 amide bonds. The largest absolute Gasteiger partial charge is 0.320 e. The van der Waals surface area contributed by atoms with Gasteiger partial charge in [0, 0.05) is 17.6 Å². The topological polar surface area (TPSA) is 24.8 Å². The van der Waals surface area contributed by atoms with Crippen molar-refractivity contribution in [1.29, 1.82) is 0 Å². The van der Waals surface area contributed by atoms with Crippen LogP contribution in [0.2, 0.25) is 0 Å². The maximum atomic E-state index is 10.9. The Balaban J connectivity index is 0.000000686. The summed E-state index contributed by atoms with van der Waals surface area (Å²) < 4.78 is 0. The van der Waals surface area contributed by atoms with Crippen molar-refractivity contribution in [2.75, 3.05) is 38.1 Å². The number of hydrogen-bond donors (Lipinski definition) is 1. The van der Waals surface area contributed by atoms with Gasteiger partial charge in [0.2, 0.25) is 0 Å². The van der Waals surface area contributed by atoms with Gasteiger partial charge >= 0.3 is 0 Å². The quantitative estimate of drug-likeness (QED) is 0.649. The van der Waals surface area contributed by atoms with Crippen LogP contribution in [0.1, 0.15) is 10.4 Å². The molecule has 2 rings (SSSR count). The van der Waals surface area contributed by atoms with Gasteiger partial charge in [0.05, 0.1) is 20.1 Å². The number of carbonyl (C=O) groups is 1. The molecular formula is C12H17Cl2N2O+. The first-order valence-corrected chi connectivity index (χ1v) is 6.54. The normalized spacial score (nSPS) is 18.6. The number of nitrogens with one attached hydrogen (secondary N) is 1. The summed E-state index contributed by atoms with van der Waals surface area (Å²) in [5, 5.41) is -0.397. The Labute approximate surface area is 112 Å². The fraction of sp³-hybridized carbons (Fsp3) is 0.417. The first kappa shape index (κ1) is 14.3. The lowest BCUT2D eigenvalue weighted by Gasteiger charge is -2.15. The molecule has 1 aliphatic heterocycles. The van der Waals surface area contributed by atoms with Crippen molar-refractivity contribution in [3.8, 4) is 0 Å². The van der Waals surface area contributed by atoms with E-state index in [9.17, 15) is 4.79 Å². The van der Waals surface area contributed by atoms with Gasteiger partial charge in [0.1, 0.15) is 0 Å². The van der Waals surface area contributed by atoms with Gasteiger partial charge < -0.3 is 9.80 Å². The molecule has 1 N–H and O–H groups in total. The average Bonchev–Trinajstić information content (AvgIpc) is 2.79. The second-order valence-electron chi connectivity index (χ2n) is 3.95. The summed E-state index contributed by atoms with van der Waals surface area (Å²) in [6.07, 6.45) is 1.47. The van der Waals surface area contributed by atoms with E-state index in [0.717, 1.165) is 25.4 Å². The second kappa shape index (κ2) is 6.84. The van der Waals surface area contributed by atoms with Crippen LogP contribution in [0, 0.1) is 0 Å². The van der Waals surface area contributed by atoms with Gasteiger partial charge in [-0.25, -0.2) is 0 Å². The van der Waals surface area contributed by atoms with Crippen molar-refractivity contribution in [3.63, 3.8) is 0 Å². The summed E-state index contributed by atoms with van der Waals surface area (Å²) >= 11 is 10.0. The van der Waals surface area contributed by atoms with Crippen LogP contribution in [-0.4, -0.2) is 38.4 Å². The molecule has 1 saturated heterocycles. The molecule has 5 heteroatoms. The molecule has 0 spiro atoms. The lowest BCUT2D eigenvalue weighted by atomic mass is 10.2. The van der Waals surface area contributed by atoms with Crippen molar-refractivity contribution in [2.45, 2.75) is 0 Å². The highest BCUT2D eigenvalue weighted by Crippen LogP contribution is 2.15. The fourth-order valence-electron chi connectivity index (χ4n) is 1.83. The average molecular weight is 276 g/mol. The summed E-state index contributed by atoms with van der Waals surface area (Å²) in [5.74, 6) is 0. The van der Waals surface area contributed by atoms with Crippen LogP contribution < -0.4 is 9.80 Å². The van der Waals surface area contributed by atoms with E-state index < -0.39 is 5.24 Å². The Kier molecular flexibility index (Phi) is 5.75. The summed E-state index contributed by atoms with van der Waals surface area (Å²) in [6, 6.07) is 7.46. The first-order chi connectivity index (χ1) is 8.16. The van der Waals surface area contributed by atoms with Gasteiger partial charge in [0.15, 0.2) is 6.67 Å². The zero-order valence-electron chi connectivity index (χ0n) is 10.0. The zero-order chi connectivity index (χ0) is 12.8. The monoisotopic (exact) mass is 275 g/mol. The van der Waals surface area contributed by atoms with E-state index in [1.54, 1.807) is 12.1 Å². The van der Waals surface area contributed by atoms with E-state index >= 15 is 0 Å². The van der Waals surface area contributed by atoms with Gasteiger partial charge in [-0.15, -0.1) is 11.6 Å². The molecule has 0 saturated carbocycles. The molecule has 1 atom stereocenters. The molecule has 1 fully saturated rings. The zero-order valence-corrected chi connectivity index (χ0v) is 11.6. The molecule has 1 heterocycles. The predicted octanol–water partition coefficient (Wildman–Crippen LogP) is 1.21. The maximum Gasteiger partial charge on any atom is 0.252 e. The molecule has 1 aromatic carbocycles. The van der Waals surface area contributed by atoms with Gasteiger partial charge in [-0.05, 0) is 35.9 Å². The lowest BCUT2D eigenvalue weighted by molar-refractivity contribution is -0.865. The third kappa shape index (κ3) is 3.87. The van der Waals surface area contributed by atoms with Crippen molar-refractivity contribution in [2.24, 2.45) is 0 Å². The minimum atomic E-state index is -0.397. The van der Waals surface area contributed by atoms with Crippen LogP contribution in [0.5, 0.6) is 0 Å². The highest BCUT2D eigenvalue weighted by atomic mass is 35.5. The summed E-state index contributed by atoms with van der Waals surface area (Å²) in [4.78, 5) is 14.7. The smallest absolute Gasteiger partial charge is 0.252 e. The molecule has 0 bridgehead atoms. The first-order valence-electron chi connectivity index (χ1n) is 5.41. The third-order valence-corrected chi connectivity index (χ3v) is 2.95. The van der Waals surface area contributed by atoms with Crippen molar-refractivity contribution >= 4 is 34.1 Å². The van der Waals surface area contributed by atoms with Crippen molar-refractivity contribution < 1.29 is 9.69 Å². The molecule has 0 radical (unpaired) electrons. The van der Waals surface area contributed by atoms with E-state index in [1.165, 1.54) is 11.3 Å². The highest BCUT2D eigenvalue weighted by Gasteiger charge is 2.19. The molecular weight excluding hydrogens is 259 g/mol. The number of alkyl halides is 1. The number of halogens is 2. The van der Waals surface area contributed by atoms with Gasteiger partial charge in [-0.3, -0.25) is 4.79 Å². The molecule has 17 heavy (non-hydrogen) atoms. The van der Waals surface area contributed by atoms with E-state index in [-0.39, 0.29) is 0 Å². The number of likely N-dealkylation sites (N-methyl/N-ethyl adjacent to an activating group) is 1. The van der Waals surface area contributed by atoms with E-state index in [0.29, 0.717) is 5.56 Å². The molecule has 0 aromatic heterocycles. The Hall–Kier alpha value is -0.770. The predicted molar refractivity (Wildman–Crippen MR) is 72.4 cm³/mol. The van der Waals surface area contributed by atoms with Crippen LogP contribution in [0.25, 0.3) is 0 Å². The number of hydrogen-bond acceptors (Lipinski definition) is 2. The second-order valence-corrected chi connectivity index (χ2v) is 4.29. The third-order valence-electron chi connectivity index (χ3n) is 2.73. The Bertz CT molecular complexity index is 367. The van der Waals surface area contributed by atoms with E-state index in [1.807, 2.05) is 12.1 Å². The van der Waals surface area contributed by atoms with Crippen LogP contribution in [0.3, 0.4) is 0 Å². The summed E-state index contributed by atoms with van der Waals surface area (Å²) in [5.41, 5.74) is 1.72. The molecule has 3 nitrogen and oxygen atoms in total. The molecule has 94 valence electrons. The molecule has 0 aliphatic carbocycles. The standard InChI is InChI=1S/C11H13ClN2O.CH3Cl/c1-13-6-7-14(8-13)10-4-2-9(3-5-10)11(12)15;1-2/h2-5H,6-8H2,1H3;1H3/p+1. The van der Waals surface area contributed by atoms with Crippen LogP contribution in [-0.2, 0) is 0 Å². The van der Waals surface area contributed by atoms with Gasteiger partial charge in [-0.1, -0.05) is 0 Å². The molecule has 1 unspecified atom stereocenters. The number of anilines is 1. The number of nitrogens with zero attached hydrogens (tertiary/aromatic N) is 1. The molecule has 1 aromatic rings. The fourth-order valence-corrected chi connectivity index (χ4v) is 1.96. The number of benzene rings is 1. The van der Waals surface area contributed by atoms with Crippen LogP contribution >= 0.6 is 23.2 Å². The SMILES string of the molecule is CCl.C[NH+]1CCN(c2ccc(C(=O)Cl)cc2)C1. The summed E-state index contributed by atoms with van der Waals surface area (Å²) in [7, 11) is 2.18.